The number of ether oxygens (including phenoxy) is 1. The fraction of sp³-hybridized carbons (Fsp3) is 0. The van der Waals surface area contributed by atoms with Crippen molar-refractivity contribution in [1.82, 2.24) is 4.57 Å². The highest BCUT2D eigenvalue weighted by molar-refractivity contribution is 6.19. The van der Waals surface area contributed by atoms with Crippen molar-refractivity contribution in [2.45, 2.75) is 0 Å². The van der Waals surface area contributed by atoms with Gasteiger partial charge in [0.2, 0.25) is 0 Å². The highest BCUT2D eigenvalue weighted by Gasteiger charge is 2.22. The van der Waals surface area contributed by atoms with Crippen LogP contribution in [-0.4, -0.2) is 4.57 Å². The lowest BCUT2D eigenvalue weighted by Gasteiger charge is -2.22. The molecule has 36 heavy (non-hydrogen) atoms. The zero-order valence-electron chi connectivity index (χ0n) is 23.2. The van der Waals surface area contributed by atoms with Crippen molar-refractivity contribution < 1.29 is 10.2 Å². The fourth-order valence-corrected chi connectivity index (χ4v) is 5.68. The van der Waals surface area contributed by atoms with Gasteiger partial charge in [-0.3, -0.25) is 0 Å². The second-order valence-corrected chi connectivity index (χ2v) is 9.03. The van der Waals surface area contributed by atoms with E-state index in [9.17, 15) is 0 Å². The molecule has 7 aromatic rings. The van der Waals surface area contributed by atoms with Crippen molar-refractivity contribution in [3.05, 3.63) is 127 Å². The summed E-state index contributed by atoms with van der Waals surface area (Å²) in [6.07, 6.45) is 0. The van der Waals surface area contributed by atoms with Gasteiger partial charge in [-0.25, -0.2) is 0 Å². The van der Waals surface area contributed by atoms with Crippen LogP contribution in [-0.2, 0) is 0 Å². The minimum atomic E-state index is -0.294. The average Bonchev–Trinajstić information content (AvgIpc) is 3.34. The summed E-state index contributed by atoms with van der Waals surface area (Å²) < 4.78 is 42.0. The molecule has 0 amide bonds. The third-order valence-corrected chi connectivity index (χ3v) is 7.14. The molecule has 1 aliphatic rings. The van der Waals surface area contributed by atoms with E-state index in [4.69, 9.17) is 10.2 Å². The Morgan fingerprint density at radius 3 is 2.14 bits per heavy atom. The maximum atomic E-state index is 8.64. The zero-order chi connectivity index (χ0) is 27.1. The predicted octanol–water partition coefficient (Wildman–Crippen LogP) is 9.38. The zero-order valence-corrected chi connectivity index (χ0v) is 19.2. The van der Waals surface area contributed by atoms with E-state index in [0.717, 1.165) is 55.0 Å². The van der Waals surface area contributed by atoms with Gasteiger partial charge in [-0.1, -0.05) is 90.9 Å². The standard InChI is InChI=1S/C34H21NO/c1-2-10-22(11-3-1)35-29-17-6-4-13-28(29)33-25(16-9-18-30(33)35)23-20-21-32-34-26(23)14-8-15-27(34)24-12-5-7-19-31(24)36-32/h1-21H/i5D,7D,12D,19D. The van der Waals surface area contributed by atoms with Gasteiger partial charge >= 0.3 is 0 Å². The van der Waals surface area contributed by atoms with Crippen molar-refractivity contribution in [1.29, 1.82) is 0 Å². The Kier molecular flexibility index (Phi) is 3.25. The molecule has 0 unspecified atom stereocenters. The van der Waals surface area contributed by atoms with Crippen LogP contribution < -0.4 is 4.74 Å². The maximum absolute atomic E-state index is 8.64. The summed E-state index contributed by atoms with van der Waals surface area (Å²) in [5.41, 5.74) is 6.62. The number of nitrogens with zero attached hydrogens (tertiary/aromatic N) is 1. The second-order valence-electron chi connectivity index (χ2n) is 9.03. The Morgan fingerprint density at radius 1 is 0.500 bits per heavy atom. The van der Waals surface area contributed by atoms with Gasteiger partial charge in [0.05, 0.1) is 16.5 Å². The van der Waals surface area contributed by atoms with Crippen LogP contribution in [0.3, 0.4) is 0 Å². The second kappa shape index (κ2) is 7.34. The largest absolute Gasteiger partial charge is 0.456 e. The molecule has 0 fully saturated rings. The summed E-state index contributed by atoms with van der Waals surface area (Å²) in [6.45, 7) is 0. The van der Waals surface area contributed by atoms with Crippen LogP contribution in [0, 0.1) is 0 Å². The Bertz CT molecular complexity index is 2180. The number of fused-ring (bicyclic) bond motifs is 5. The quantitative estimate of drug-likeness (QED) is 0.249. The molecule has 1 aliphatic heterocycles. The van der Waals surface area contributed by atoms with Gasteiger partial charge in [0, 0.05) is 27.4 Å². The van der Waals surface area contributed by atoms with E-state index in [1.807, 2.05) is 24.3 Å². The van der Waals surface area contributed by atoms with Crippen LogP contribution >= 0.6 is 0 Å². The molecule has 0 atom stereocenters. The molecule has 2 nitrogen and oxygen atoms in total. The summed E-state index contributed by atoms with van der Waals surface area (Å²) in [4.78, 5) is 0. The Hall–Kier alpha value is -4.82. The maximum Gasteiger partial charge on any atom is 0.135 e. The molecule has 8 rings (SSSR count). The molecule has 0 radical (unpaired) electrons. The fourth-order valence-electron chi connectivity index (χ4n) is 5.68. The molecule has 0 spiro atoms. The van der Waals surface area contributed by atoms with E-state index in [1.54, 1.807) is 0 Å². The summed E-state index contributed by atoms with van der Waals surface area (Å²) in [5, 5.41) is 4.13. The average molecular weight is 464 g/mol. The minimum absolute atomic E-state index is 0.0902. The third kappa shape index (κ3) is 2.61. The van der Waals surface area contributed by atoms with Gasteiger partial charge in [0.25, 0.3) is 0 Å². The number of rotatable bonds is 2. The molecule has 168 valence electrons. The third-order valence-electron chi connectivity index (χ3n) is 7.14. The first-order chi connectivity index (χ1) is 19.5. The summed E-state index contributed by atoms with van der Waals surface area (Å²) in [7, 11) is 0. The van der Waals surface area contributed by atoms with E-state index in [0.29, 0.717) is 11.3 Å². The number of aromatic nitrogens is 1. The van der Waals surface area contributed by atoms with Crippen molar-refractivity contribution in [2.75, 3.05) is 0 Å². The first kappa shape index (κ1) is 16.0. The van der Waals surface area contributed by atoms with Gasteiger partial charge < -0.3 is 9.30 Å². The summed E-state index contributed by atoms with van der Waals surface area (Å²) in [6, 6.07) is 34.3. The molecule has 0 saturated carbocycles. The van der Waals surface area contributed by atoms with Crippen LogP contribution in [0.15, 0.2) is 127 Å². The van der Waals surface area contributed by atoms with E-state index >= 15 is 0 Å². The number of benzene rings is 6. The molecule has 1 aromatic heterocycles. The van der Waals surface area contributed by atoms with Crippen molar-refractivity contribution in [3.8, 4) is 39.4 Å². The normalized spacial score (nSPS) is 13.7. The highest BCUT2D eigenvalue weighted by Crippen LogP contribution is 2.49. The topological polar surface area (TPSA) is 14.2 Å². The van der Waals surface area contributed by atoms with E-state index in [-0.39, 0.29) is 29.9 Å². The van der Waals surface area contributed by atoms with E-state index in [1.165, 1.54) is 0 Å². The molecule has 0 bridgehead atoms. The van der Waals surface area contributed by atoms with E-state index in [2.05, 4.69) is 83.4 Å². The minimum Gasteiger partial charge on any atom is -0.456 e. The SMILES string of the molecule is [2H]c1c([2H])c([2H])c2c(c1[2H])Oc1ccc(-c3cccc4c3c3ccccc3n4-c3ccccc3)c3cccc-2c13. The molecular formula is C34H21NO. The Labute approximate surface area is 214 Å². The van der Waals surface area contributed by atoms with Crippen molar-refractivity contribution in [3.63, 3.8) is 0 Å². The van der Waals surface area contributed by atoms with Gasteiger partial charge in [-0.15, -0.1) is 0 Å². The smallest absolute Gasteiger partial charge is 0.135 e. The Morgan fingerprint density at radius 2 is 1.22 bits per heavy atom. The summed E-state index contributed by atoms with van der Waals surface area (Å²) >= 11 is 0. The molecule has 6 aromatic carbocycles. The molecule has 0 aliphatic carbocycles. The van der Waals surface area contributed by atoms with E-state index < -0.39 is 0 Å². The van der Waals surface area contributed by atoms with Gasteiger partial charge in [0.15, 0.2) is 0 Å². The number of para-hydroxylation sites is 3. The van der Waals surface area contributed by atoms with Crippen molar-refractivity contribution in [2.24, 2.45) is 0 Å². The first-order valence-electron chi connectivity index (χ1n) is 14.0. The molecule has 2 heteroatoms. The molecular weight excluding hydrogens is 438 g/mol. The number of hydrogen-bond acceptors (Lipinski definition) is 1. The van der Waals surface area contributed by atoms with Gasteiger partial charge in [-0.05, 0) is 58.5 Å². The van der Waals surface area contributed by atoms with Gasteiger partial charge in [-0.2, -0.15) is 0 Å². The molecule has 0 saturated heterocycles. The lowest BCUT2D eigenvalue weighted by Crippen LogP contribution is -1.97. The lowest BCUT2D eigenvalue weighted by molar-refractivity contribution is 0.487. The summed E-state index contributed by atoms with van der Waals surface area (Å²) in [5.74, 6) is 0.762. The monoisotopic (exact) mass is 463 g/mol. The predicted molar refractivity (Wildman–Crippen MR) is 149 cm³/mol. The van der Waals surface area contributed by atoms with Crippen molar-refractivity contribution >= 4 is 32.6 Å². The molecule has 0 N–H and O–H groups in total. The lowest BCUT2D eigenvalue weighted by atomic mass is 9.89. The Balaban J connectivity index is 1.47. The van der Waals surface area contributed by atoms with Crippen LogP contribution in [0.1, 0.15) is 5.48 Å². The van der Waals surface area contributed by atoms with Crippen LogP contribution in [0.25, 0.3) is 60.5 Å². The number of hydrogen-bond donors (Lipinski definition) is 0. The first-order valence-corrected chi connectivity index (χ1v) is 12.0. The molecule has 2 heterocycles. The highest BCUT2D eigenvalue weighted by atomic mass is 16.5. The van der Waals surface area contributed by atoms with Crippen LogP contribution in [0.2, 0.25) is 0 Å². The van der Waals surface area contributed by atoms with Crippen LogP contribution in [0.4, 0.5) is 0 Å². The van der Waals surface area contributed by atoms with Crippen LogP contribution in [0.5, 0.6) is 11.5 Å². The van der Waals surface area contributed by atoms with Gasteiger partial charge in [0.1, 0.15) is 11.5 Å².